The van der Waals surface area contributed by atoms with E-state index in [0.29, 0.717) is 0 Å². The molecule has 7 aromatic carbocycles. The summed E-state index contributed by atoms with van der Waals surface area (Å²) in [6.07, 6.45) is 0. The van der Waals surface area contributed by atoms with Crippen LogP contribution in [0.5, 0.6) is 0 Å². The Kier molecular flexibility index (Phi) is 6.11. The molecule has 0 fully saturated rings. The molecule has 0 spiro atoms. The molecule has 7 aromatic rings. The molecule has 0 aliphatic rings. The highest BCUT2D eigenvalue weighted by molar-refractivity contribution is 6.08. The molecule has 0 radical (unpaired) electrons. The minimum Gasteiger partial charge on any atom is -0.311 e. The first-order valence-corrected chi connectivity index (χ1v) is 13.8. The Morgan fingerprint density at radius 2 is 0.800 bits per heavy atom. The van der Waals surface area contributed by atoms with Crippen LogP contribution in [0.4, 0.5) is 17.1 Å². The smallest absolute Gasteiger partial charge is 0.0462 e. The SMILES string of the molecule is Cc1ccc(N(c2ccc(-c3ccccc3)cc2)c2ccc(-c3ccc4ccc5ccccc5c4c3)cc2)cc1. The van der Waals surface area contributed by atoms with Crippen molar-refractivity contribution in [1.29, 1.82) is 0 Å². The lowest BCUT2D eigenvalue weighted by Gasteiger charge is -2.26. The summed E-state index contributed by atoms with van der Waals surface area (Å²) in [5.41, 5.74) is 9.53. The summed E-state index contributed by atoms with van der Waals surface area (Å²) in [4.78, 5) is 2.33. The van der Waals surface area contributed by atoms with Crippen LogP contribution in [0, 0.1) is 6.92 Å². The second-order valence-electron chi connectivity index (χ2n) is 10.4. The van der Waals surface area contributed by atoms with Gasteiger partial charge in [0.2, 0.25) is 0 Å². The number of nitrogens with zero attached hydrogens (tertiary/aromatic N) is 1. The van der Waals surface area contributed by atoms with Crippen LogP contribution in [0.3, 0.4) is 0 Å². The fourth-order valence-electron chi connectivity index (χ4n) is 5.56. The third-order valence-electron chi connectivity index (χ3n) is 7.73. The number of hydrogen-bond donors (Lipinski definition) is 0. The van der Waals surface area contributed by atoms with Crippen molar-refractivity contribution in [3.63, 3.8) is 0 Å². The summed E-state index contributed by atoms with van der Waals surface area (Å²) in [7, 11) is 0. The molecule has 0 amide bonds. The Hall–Kier alpha value is -5.14. The minimum atomic E-state index is 1.13. The highest BCUT2D eigenvalue weighted by Crippen LogP contribution is 2.37. The maximum atomic E-state index is 2.33. The topological polar surface area (TPSA) is 3.24 Å². The van der Waals surface area contributed by atoms with Gasteiger partial charge in [0.1, 0.15) is 0 Å². The lowest BCUT2D eigenvalue weighted by atomic mass is 9.97. The van der Waals surface area contributed by atoms with E-state index in [1.54, 1.807) is 0 Å². The average molecular weight is 512 g/mol. The van der Waals surface area contributed by atoms with E-state index in [0.717, 1.165) is 17.1 Å². The van der Waals surface area contributed by atoms with Crippen LogP contribution in [0.25, 0.3) is 43.8 Å². The van der Waals surface area contributed by atoms with E-state index in [9.17, 15) is 0 Å². The zero-order valence-corrected chi connectivity index (χ0v) is 22.5. The Morgan fingerprint density at radius 1 is 0.350 bits per heavy atom. The van der Waals surface area contributed by atoms with E-state index >= 15 is 0 Å². The van der Waals surface area contributed by atoms with Gasteiger partial charge in [-0.05, 0) is 93.2 Å². The van der Waals surface area contributed by atoms with Gasteiger partial charge in [0.05, 0.1) is 0 Å². The number of rotatable bonds is 5. The zero-order valence-electron chi connectivity index (χ0n) is 22.5. The number of benzene rings is 7. The van der Waals surface area contributed by atoms with Crippen molar-refractivity contribution < 1.29 is 0 Å². The molecule has 40 heavy (non-hydrogen) atoms. The number of fused-ring (bicyclic) bond motifs is 3. The van der Waals surface area contributed by atoms with Crippen LogP contribution in [-0.2, 0) is 0 Å². The van der Waals surface area contributed by atoms with Crippen molar-refractivity contribution in [3.05, 3.63) is 163 Å². The van der Waals surface area contributed by atoms with Crippen molar-refractivity contribution in [2.24, 2.45) is 0 Å². The van der Waals surface area contributed by atoms with Gasteiger partial charge in [0, 0.05) is 17.1 Å². The number of hydrogen-bond acceptors (Lipinski definition) is 1. The van der Waals surface area contributed by atoms with E-state index in [-0.39, 0.29) is 0 Å². The lowest BCUT2D eigenvalue weighted by molar-refractivity contribution is 1.27. The van der Waals surface area contributed by atoms with E-state index in [1.165, 1.54) is 49.4 Å². The fourth-order valence-corrected chi connectivity index (χ4v) is 5.56. The molecule has 0 N–H and O–H groups in total. The normalized spacial score (nSPS) is 11.1. The Bertz CT molecular complexity index is 1920. The van der Waals surface area contributed by atoms with Crippen LogP contribution < -0.4 is 4.90 Å². The highest BCUT2D eigenvalue weighted by atomic mass is 15.1. The predicted octanol–water partition coefficient (Wildman–Crippen LogP) is 11.1. The molecule has 190 valence electrons. The molecule has 0 heterocycles. The van der Waals surface area contributed by atoms with E-state index in [2.05, 4.69) is 170 Å². The molecule has 1 nitrogen and oxygen atoms in total. The molecule has 0 aromatic heterocycles. The fraction of sp³-hybridized carbons (Fsp3) is 0.0256. The molecule has 0 saturated heterocycles. The van der Waals surface area contributed by atoms with Gasteiger partial charge in [-0.15, -0.1) is 0 Å². The molecular formula is C39H29N. The van der Waals surface area contributed by atoms with Crippen LogP contribution in [0.15, 0.2) is 158 Å². The third-order valence-corrected chi connectivity index (χ3v) is 7.73. The molecule has 0 bridgehead atoms. The molecule has 0 saturated carbocycles. The van der Waals surface area contributed by atoms with Gasteiger partial charge in [0.15, 0.2) is 0 Å². The van der Waals surface area contributed by atoms with Crippen LogP contribution in [0.2, 0.25) is 0 Å². The molecular weight excluding hydrogens is 482 g/mol. The summed E-state index contributed by atoms with van der Waals surface area (Å²) in [6.45, 7) is 2.13. The third kappa shape index (κ3) is 4.52. The quantitative estimate of drug-likeness (QED) is 0.208. The molecule has 1 heteroatoms. The Labute approximate surface area is 235 Å². The minimum absolute atomic E-state index is 1.13. The van der Waals surface area contributed by atoms with Gasteiger partial charge in [-0.3, -0.25) is 0 Å². The van der Waals surface area contributed by atoms with Gasteiger partial charge < -0.3 is 4.90 Å². The lowest BCUT2D eigenvalue weighted by Crippen LogP contribution is -2.09. The second-order valence-corrected chi connectivity index (χ2v) is 10.4. The second kappa shape index (κ2) is 10.2. The standard InChI is InChI=1S/C39H29N/c1-28-11-21-35(22-12-28)40(36-23-17-30(18-24-36)29-7-3-2-4-8-29)37-25-19-31(20-26-37)34-16-15-33-14-13-32-9-5-6-10-38(32)39(33)27-34/h2-27H,1H3. The zero-order chi connectivity index (χ0) is 26.9. The van der Waals surface area contributed by atoms with E-state index < -0.39 is 0 Å². The Morgan fingerprint density at radius 3 is 1.45 bits per heavy atom. The van der Waals surface area contributed by atoms with Gasteiger partial charge >= 0.3 is 0 Å². The van der Waals surface area contributed by atoms with Gasteiger partial charge in [-0.2, -0.15) is 0 Å². The Balaban J connectivity index is 1.27. The maximum absolute atomic E-state index is 2.33. The number of aryl methyl sites for hydroxylation is 1. The maximum Gasteiger partial charge on any atom is 0.0462 e. The molecule has 7 rings (SSSR count). The summed E-state index contributed by atoms with van der Waals surface area (Å²) < 4.78 is 0. The average Bonchev–Trinajstić information content (AvgIpc) is 3.03. The summed E-state index contributed by atoms with van der Waals surface area (Å²) >= 11 is 0. The first-order chi connectivity index (χ1) is 19.7. The summed E-state index contributed by atoms with van der Waals surface area (Å²) in [5, 5.41) is 5.13. The van der Waals surface area contributed by atoms with E-state index in [4.69, 9.17) is 0 Å². The predicted molar refractivity (Wildman–Crippen MR) is 172 cm³/mol. The van der Waals surface area contributed by atoms with Gasteiger partial charge in [0.25, 0.3) is 0 Å². The van der Waals surface area contributed by atoms with E-state index in [1.807, 2.05) is 0 Å². The van der Waals surface area contributed by atoms with Crippen molar-refractivity contribution in [1.82, 2.24) is 0 Å². The largest absolute Gasteiger partial charge is 0.311 e. The van der Waals surface area contributed by atoms with Gasteiger partial charge in [-0.1, -0.05) is 121 Å². The van der Waals surface area contributed by atoms with Crippen molar-refractivity contribution in [3.8, 4) is 22.3 Å². The highest BCUT2D eigenvalue weighted by Gasteiger charge is 2.13. The van der Waals surface area contributed by atoms with Crippen molar-refractivity contribution in [2.45, 2.75) is 6.92 Å². The van der Waals surface area contributed by atoms with Crippen LogP contribution in [0.1, 0.15) is 5.56 Å². The summed E-state index contributed by atoms with van der Waals surface area (Å²) in [6, 6.07) is 56.9. The van der Waals surface area contributed by atoms with Crippen molar-refractivity contribution in [2.75, 3.05) is 4.90 Å². The summed E-state index contributed by atoms with van der Waals surface area (Å²) in [5.74, 6) is 0. The monoisotopic (exact) mass is 511 g/mol. The molecule has 0 unspecified atom stereocenters. The molecule has 0 aliphatic carbocycles. The van der Waals surface area contributed by atoms with Gasteiger partial charge in [-0.25, -0.2) is 0 Å². The molecule has 0 atom stereocenters. The first kappa shape index (κ1) is 23.9. The number of anilines is 3. The van der Waals surface area contributed by atoms with Crippen LogP contribution >= 0.6 is 0 Å². The van der Waals surface area contributed by atoms with Crippen molar-refractivity contribution >= 4 is 38.6 Å². The first-order valence-electron chi connectivity index (χ1n) is 13.8. The van der Waals surface area contributed by atoms with Crippen LogP contribution in [-0.4, -0.2) is 0 Å². The molecule has 0 aliphatic heterocycles.